The summed E-state index contributed by atoms with van der Waals surface area (Å²) >= 11 is 6.60. The summed E-state index contributed by atoms with van der Waals surface area (Å²) in [4.78, 5) is 47.8. The van der Waals surface area contributed by atoms with E-state index in [0.717, 1.165) is 11.3 Å². The number of aliphatic hydroxyl groups is 1. The zero-order valence-corrected chi connectivity index (χ0v) is 23.0. The van der Waals surface area contributed by atoms with Gasteiger partial charge in [0.1, 0.15) is 11.6 Å². The van der Waals surface area contributed by atoms with Crippen LogP contribution in [0, 0.1) is 18.8 Å². The zero-order valence-electron chi connectivity index (χ0n) is 22.3. The number of unbranched alkanes of at least 4 members (excludes halogenated alkanes) is 1. The molecule has 8 nitrogen and oxygen atoms in total. The van der Waals surface area contributed by atoms with Crippen LogP contribution in [0.1, 0.15) is 18.4 Å². The molecule has 0 aromatic heterocycles. The van der Waals surface area contributed by atoms with E-state index in [9.17, 15) is 19.5 Å². The first-order chi connectivity index (χ1) is 19.4. The molecule has 6 rings (SSSR count). The number of aliphatic hydroxyl groups excluding tert-OH is 1. The number of nitrogens with zero attached hydrogens (tertiary/aromatic N) is 3. The molecule has 0 aliphatic carbocycles. The van der Waals surface area contributed by atoms with Gasteiger partial charge in [-0.15, -0.1) is 0 Å². The number of ether oxygens (including phenoxy) is 1. The van der Waals surface area contributed by atoms with Crippen LogP contribution in [-0.2, 0) is 19.1 Å². The topological polar surface area (TPSA) is 90.4 Å². The number of rotatable bonds is 6. The molecule has 40 heavy (non-hydrogen) atoms. The number of aryl methyl sites for hydroxylation is 1. The van der Waals surface area contributed by atoms with Crippen molar-refractivity contribution in [1.82, 2.24) is 4.90 Å². The molecule has 5 atom stereocenters. The Hall–Kier alpha value is -3.46. The van der Waals surface area contributed by atoms with Crippen LogP contribution in [0.5, 0.6) is 0 Å². The van der Waals surface area contributed by atoms with Gasteiger partial charge in [-0.3, -0.25) is 14.4 Å². The first-order valence-electron chi connectivity index (χ1n) is 13.8. The summed E-state index contributed by atoms with van der Waals surface area (Å²) in [6.45, 7) is 2.77. The van der Waals surface area contributed by atoms with Crippen molar-refractivity contribution in [2.45, 2.75) is 37.5 Å². The van der Waals surface area contributed by atoms with Crippen molar-refractivity contribution >= 4 is 40.7 Å². The SMILES string of the molecule is Cc1cccc(Cl)c1N1CC=C[C@]23O[C@H]4C=CCN(c5ccccc5)C(=O)[C@H]4[C@H]2C(=O)N(CCCCO)C3C1=O. The van der Waals surface area contributed by atoms with Crippen molar-refractivity contribution in [1.29, 1.82) is 0 Å². The van der Waals surface area contributed by atoms with E-state index in [2.05, 4.69) is 0 Å². The van der Waals surface area contributed by atoms with E-state index in [0.29, 0.717) is 30.1 Å². The number of halogens is 1. The number of fused-ring (bicyclic) bond motifs is 2. The van der Waals surface area contributed by atoms with Crippen LogP contribution in [0.2, 0.25) is 5.02 Å². The summed E-state index contributed by atoms with van der Waals surface area (Å²) in [6, 6.07) is 13.9. The van der Waals surface area contributed by atoms with E-state index in [1.807, 2.05) is 73.7 Å². The summed E-state index contributed by atoms with van der Waals surface area (Å²) in [5.41, 5.74) is 0.868. The van der Waals surface area contributed by atoms with Gasteiger partial charge in [0.05, 0.1) is 28.6 Å². The predicted octanol–water partition coefficient (Wildman–Crippen LogP) is 3.51. The van der Waals surface area contributed by atoms with Crippen LogP contribution in [0.4, 0.5) is 11.4 Å². The van der Waals surface area contributed by atoms with Crippen LogP contribution in [0.3, 0.4) is 0 Å². The Morgan fingerprint density at radius 3 is 2.48 bits per heavy atom. The number of hydrogen-bond acceptors (Lipinski definition) is 5. The summed E-state index contributed by atoms with van der Waals surface area (Å²) in [5.74, 6) is -2.43. The maximum atomic E-state index is 14.5. The van der Waals surface area contributed by atoms with Crippen molar-refractivity contribution in [3.63, 3.8) is 0 Å². The highest BCUT2D eigenvalue weighted by Gasteiger charge is 2.71. The number of anilines is 2. The van der Waals surface area contributed by atoms with Crippen molar-refractivity contribution in [3.05, 3.63) is 83.4 Å². The molecule has 1 unspecified atom stereocenters. The van der Waals surface area contributed by atoms with Crippen molar-refractivity contribution < 1.29 is 24.2 Å². The standard InChI is InChI=1S/C31H32ClN3O5/c1-20-10-7-13-22(32)26(20)34-18-9-15-31-25(29(38)35(16-5-6-19-36)27(31)30(34)39)24-23(40-31)14-8-17-33(28(24)37)21-11-3-2-4-12-21/h2-4,7-15,23-25,27,36H,5-6,16-19H2,1H3/t23-,24+,25-,27?,31-/m0/s1. The molecule has 4 aliphatic rings. The number of likely N-dealkylation sites (tertiary alicyclic amines) is 1. The number of benzene rings is 2. The van der Waals surface area contributed by atoms with Crippen LogP contribution < -0.4 is 9.80 Å². The number of para-hydroxylation sites is 2. The Kier molecular flexibility index (Phi) is 7.02. The van der Waals surface area contributed by atoms with Gasteiger partial charge in [0.2, 0.25) is 11.8 Å². The summed E-state index contributed by atoms with van der Waals surface area (Å²) in [6.07, 6.45) is 7.80. The Bertz CT molecular complexity index is 1370. The van der Waals surface area contributed by atoms with Gasteiger partial charge in [-0.1, -0.05) is 66.2 Å². The Labute approximate surface area is 238 Å². The third-order valence-corrected chi connectivity index (χ3v) is 8.80. The van der Waals surface area contributed by atoms with Crippen LogP contribution in [-0.4, -0.2) is 71.7 Å². The lowest BCUT2D eigenvalue weighted by Crippen LogP contribution is -2.55. The average Bonchev–Trinajstić information content (AvgIpc) is 3.25. The molecule has 2 aromatic carbocycles. The van der Waals surface area contributed by atoms with E-state index in [4.69, 9.17) is 16.3 Å². The average molecular weight is 562 g/mol. The van der Waals surface area contributed by atoms with Gasteiger partial charge in [-0.05, 0) is 43.5 Å². The van der Waals surface area contributed by atoms with Crippen LogP contribution >= 0.6 is 11.6 Å². The van der Waals surface area contributed by atoms with E-state index >= 15 is 0 Å². The zero-order chi connectivity index (χ0) is 28.0. The van der Waals surface area contributed by atoms with Crippen LogP contribution in [0.15, 0.2) is 72.8 Å². The first-order valence-corrected chi connectivity index (χ1v) is 14.1. The molecule has 3 amide bonds. The lowest BCUT2D eigenvalue weighted by Gasteiger charge is -2.36. The fourth-order valence-electron chi connectivity index (χ4n) is 6.78. The number of amides is 3. The second-order valence-electron chi connectivity index (χ2n) is 10.8. The third-order valence-electron chi connectivity index (χ3n) is 8.49. The van der Waals surface area contributed by atoms with Crippen LogP contribution in [0.25, 0.3) is 0 Å². The molecule has 4 aliphatic heterocycles. The molecule has 0 bridgehead atoms. The van der Waals surface area contributed by atoms with Crippen molar-refractivity contribution in [2.24, 2.45) is 11.8 Å². The van der Waals surface area contributed by atoms with E-state index in [1.165, 1.54) is 0 Å². The van der Waals surface area contributed by atoms with Gasteiger partial charge >= 0.3 is 0 Å². The van der Waals surface area contributed by atoms with E-state index in [-0.39, 0.29) is 37.4 Å². The van der Waals surface area contributed by atoms with E-state index in [1.54, 1.807) is 20.8 Å². The third kappa shape index (κ3) is 4.08. The predicted molar refractivity (Wildman–Crippen MR) is 152 cm³/mol. The Morgan fingerprint density at radius 1 is 0.950 bits per heavy atom. The molecule has 208 valence electrons. The molecule has 2 saturated heterocycles. The second kappa shape index (κ2) is 10.5. The fraction of sp³-hybridized carbons (Fsp3) is 0.387. The molecular formula is C31H32ClN3O5. The number of hydrogen-bond donors (Lipinski definition) is 1. The minimum absolute atomic E-state index is 0.0173. The minimum atomic E-state index is -1.31. The van der Waals surface area contributed by atoms with Gasteiger partial charge < -0.3 is 24.5 Å². The van der Waals surface area contributed by atoms with Gasteiger partial charge in [0, 0.05) is 31.9 Å². The lowest BCUT2D eigenvalue weighted by atomic mass is 9.77. The molecular weight excluding hydrogens is 530 g/mol. The maximum absolute atomic E-state index is 14.5. The molecule has 4 heterocycles. The molecule has 1 spiro atoms. The highest BCUT2D eigenvalue weighted by Crippen LogP contribution is 2.54. The molecule has 0 radical (unpaired) electrons. The summed E-state index contributed by atoms with van der Waals surface area (Å²) in [7, 11) is 0. The molecule has 9 heteroatoms. The van der Waals surface area contributed by atoms with Gasteiger partial charge in [0.25, 0.3) is 5.91 Å². The monoisotopic (exact) mass is 561 g/mol. The van der Waals surface area contributed by atoms with E-state index < -0.39 is 29.6 Å². The van der Waals surface area contributed by atoms with Gasteiger partial charge in [0.15, 0.2) is 0 Å². The number of carbonyl (C=O) groups is 3. The highest BCUT2D eigenvalue weighted by atomic mass is 35.5. The Morgan fingerprint density at radius 2 is 1.73 bits per heavy atom. The normalized spacial score (nSPS) is 29.4. The number of carbonyl (C=O) groups excluding carboxylic acids is 3. The maximum Gasteiger partial charge on any atom is 0.253 e. The van der Waals surface area contributed by atoms with Crippen molar-refractivity contribution in [2.75, 3.05) is 36.0 Å². The first kappa shape index (κ1) is 26.7. The molecule has 2 fully saturated rings. The second-order valence-corrected chi connectivity index (χ2v) is 11.2. The molecule has 1 N–H and O–H groups in total. The lowest BCUT2D eigenvalue weighted by molar-refractivity contribution is -0.140. The van der Waals surface area contributed by atoms with Gasteiger partial charge in [-0.25, -0.2) is 0 Å². The molecule has 0 saturated carbocycles. The minimum Gasteiger partial charge on any atom is -0.396 e. The highest BCUT2D eigenvalue weighted by molar-refractivity contribution is 6.34. The van der Waals surface area contributed by atoms with Gasteiger partial charge in [-0.2, -0.15) is 0 Å². The quantitative estimate of drug-likeness (QED) is 0.431. The smallest absolute Gasteiger partial charge is 0.253 e. The summed E-state index contributed by atoms with van der Waals surface area (Å²) < 4.78 is 6.70. The fourth-order valence-corrected chi connectivity index (χ4v) is 7.10. The Balaban J connectivity index is 1.44. The largest absolute Gasteiger partial charge is 0.396 e. The molecule has 2 aromatic rings. The van der Waals surface area contributed by atoms with Crippen molar-refractivity contribution in [3.8, 4) is 0 Å². The summed E-state index contributed by atoms with van der Waals surface area (Å²) in [5, 5.41) is 9.86.